The molecule has 1 aromatic carbocycles. The van der Waals surface area contributed by atoms with Gasteiger partial charge in [-0.05, 0) is 37.5 Å². The Hall–Kier alpha value is -0.740. The molecule has 2 aliphatic rings. The van der Waals surface area contributed by atoms with Crippen LogP contribution >= 0.6 is 15.9 Å². The SMILES string of the molecule is Nc1ccc(Br)cc1N1CCC2(O)CCCCC2C1. The molecule has 2 atom stereocenters. The summed E-state index contributed by atoms with van der Waals surface area (Å²) in [4.78, 5) is 2.34. The molecule has 3 rings (SSSR count). The molecule has 19 heavy (non-hydrogen) atoms. The third-order valence-corrected chi connectivity index (χ3v) is 5.25. The Labute approximate surface area is 122 Å². The molecule has 2 unspecified atom stereocenters. The van der Waals surface area contributed by atoms with E-state index in [-0.39, 0.29) is 0 Å². The maximum atomic E-state index is 10.7. The molecule has 3 nitrogen and oxygen atoms in total. The predicted octanol–water partition coefficient (Wildman–Crippen LogP) is 3.16. The zero-order valence-electron chi connectivity index (χ0n) is 11.1. The summed E-state index contributed by atoms with van der Waals surface area (Å²) in [5, 5.41) is 10.7. The van der Waals surface area contributed by atoms with Gasteiger partial charge in [-0.25, -0.2) is 0 Å². The van der Waals surface area contributed by atoms with Crippen LogP contribution in [-0.2, 0) is 0 Å². The van der Waals surface area contributed by atoms with Gasteiger partial charge in [0, 0.05) is 23.5 Å². The van der Waals surface area contributed by atoms with Crippen LogP contribution in [-0.4, -0.2) is 23.8 Å². The molecular formula is C15H21BrN2O. The number of hydrogen-bond donors (Lipinski definition) is 2. The van der Waals surface area contributed by atoms with Crippen molar-refractivity contribution in [2.24, 2.45) is 5.92 Å². The lowest BCUT2D eigenvalue weighted by atomic mass is 9.71. The van der Waals surface area contributed by atoms with Gasteiger partial charge in [0.25, 0.3) is 0 Å². The van der Waals surface area contributed by atoms with Crippen molar-refractivity contribution in [2.45, 2.75) is 37.7 Å². The van der Waals surface area contributed by atoms with E-state index in [2.05, 4.69) is 26.9 Å². The van der Waals surface area contributed by atoms with E-state index in [1.807, 2.05) is 12.1 Å². The van der Waals surface area contributed by atoms with Gasteiger partial charge in [-0.3, -0.25) is 0 Å². The largest absolute Gasteiger partial charge is 0.397 e. The van der Waals surface area contributed by atoms with Crippen LogP contribution in [0.1, 0.15) is 32.1 Å². The molecule has 1 aromatic rings. The number of rotatable bonds is 1. The van der Waals surface area contributed by atoms with Gasteiger partial charge in [-0.2, -0.15) is 0 Å². The zero-order valence-corrected chi connectivity index (χ0v) is 12.7. The first-order chi connectivity index (χ1) is 9.08. The van der Waals surface area contributed by atoms with Gasteiger partial charge >= 0.3 is 0 Å². The van der Waals surface area contributed by atoms with Gasteiger partial charge in [0.15, 0.2) is 0 Å². The molecule has 1 aliphatic carbocycles. The van der Waals surface area contributed by atoms with Crippen molar-refractivity contribution in [1.29, 1.82) is 0 Å². The molecule has 1 saturated carbocycles. The fourth-order valence-corrected chi connectivity index (χ4v) is 3.93. The maximum absolute atomic E-state index is 10.7. The number of anilines is 2. The van der Waals surface area contributed by atoms with Gasteiger partial charge in [0.05, 0.1) is 17.0 Å². The molecule has 0 amide bonds. The highest BCUT2D eigenvalue weighted by Gasteiger charge is 2.42. The maximum Gasteiger partial charge on any atom is 0.0709 e. The topological polar surface area (TPSA) is 49.5 Å². The predicted molar refractivity (Wildman–Crippen MR) is 82.3 cm³/mol. The number of halogens is 1. The lowest BCUT2D eigenvalue weighted by Crippen LogP contribution is -2.53. The summed E-state index contributed by atoms with van der Waals surface area (Å²) >= 11 is 3.51. The average molecular weight is 325 g/mol. The van der Waals surface area contributed by atoms with Crippen molar-refractivity contribution in [3.8, 4) is 0 Å². The number of benzene rings is 1. The van der Waals surface area contributed by atoms with Crippen LogP contribution in [0.3, 0.4) is 0 Å². The van der Waals surface area contributed by atoms with Crippen LogP contribution < -0.4 is 10.6 Å². The van der Waals surface area contributed by atoms with Crippen LogP contribution in [0.25, 0.3) is 0 Å². The second-order valence-corrected chi connectivity index (χ2v) is 6.86. The van der Waals surface area contributed by atoms with Crippen molar-refractivity contribution in [3.05, 3.63) is 22.7 Å². The molecule has 104 valence electrons. The Morgan fingerprint density at radius 2 is 2.16 bits per heavy atom. The third kappa shape index (κ3) is 2.48. The summed E-state index contributed by atoms with van der Waals surface area (Å²) in [7, 11) is 0. The minimum Gasteiger partial charge on any atom is -0.397 e. The number of aliphatic hydroxyl groups is 1. The molecule has 0 radical (unpaired) electrons. The minimum absolute atomic E-state index is 0.397. The van der Waals surface area contributed by atoms with Crippen LogP contribution in [0.5, 0.6) is 0 Å². The van der Waals surface area contributed by atoms with Gasteiger partial charge in [0.2, 0.25) is 0 Å². The van der Waals surface area contributed by atoms with Crippen LogP contribution in [0.15, 0.2) is 22.7 Å². The number of nitrogen functional groups attached to an aromatic ring is 1. The lowest BCUT2D eigenvalue weighted by Gasteiger charge is -2.48. The Kier molecular flexibility index (Phi) is 3.48. The number of nitrogens with two attached hydrogens (primary N) is 1. The summed E-state index contributed by atoms with van der Waals surface area (Å²) in [6.45, 7) is 1.82. The standard InChI is InChI=1S/C15H21BrN2O/c16-12-4-5-13(17)14(9-12)18-8-7-15(19)6-2-1-3-11(15)10-18/h4-5,9,11,19H,1-3,6-8,10,17H2. The van der Waals surface area contributed by atoms with Crippen molar-refractivity contribution in [3.63, 3.8) is 0 Å². The monoisotopic (exact) mass is 324 g/mol. The first-order valence-corrected chi connectivity index (χ1v) is 7.90. The summed E-state index contributed by atoms with van der Waals surface area (Å²) in [6, 6.07) is 6.00. The van der Waals surface area contributed by atoms with E-state index in [1.165, 1.54) is 12.8 Å². The molecule has 3 N–H and O–H groups in total. The van der Waals surface area contributed by atoms with E-state index in [4.69, 9.17) is 5.73 Å². The Morgan fingerprint density at radius 1 is 1.32 bits per heavy atom. The summed E-state index contributed by atoms with van der Waals surface area (Å²) in [5.41, 5.74) is 7.60. The van der Waals surface area contributed by atoms with Crippen LogP contribution in [0, 0.1) is 5.92 Å². The highest BCUT2D eigenvalue weighted by Crippen LogP contribution is 2.42. The number of nitrogens with zero attached hydrogens (tertiary/aromatic N) is 1. The number of hydrogen-bond acceptors (Lipinski definition) is 3. The van der Waals surface area contributed by atoms with Gasteiger partial charge in [-0.1, -0.05) is 28.8 Å². The second kappa shape index (κ2) is 4.98. The molecule has 4 heteroatoms. The normalized spacial score (nSPS) is 31.1. The molecule has 0 bridgehead atoms. The highest BCUT2D eigenvalue weighted by atomic mass is 79.9. The summed E-state index contributed by atoms with van der Waals surface area (Å²) in [6.07, 6.45) is 5.39. The van der Waals surface area contributed by atoms with E-state index >= 15 is 0 Å². The number of piperidine rings is 1. The van der Waals surface area contributed by atoms with E-state index in [1.54, 1.807) is 0 Å². The van der Waals surface area contributed by atoms with E-state index in [0.29, 0.717) is 5.92 Å². The van der Waals surface area contributed by atoms with E-state index in [0.717, 1.165) is 48.2 Å². The third-order valence-electron chi connectivity index (χ3n) is 4.76. The van der Waals surface area contributed by atoms with Crippen LogP contribution in [0.4, 0.5) is 11.4 Å². The lowest BCUT2D eigenvalue weighted by molar-refractivity contribution is -0.0612. The first-order valence-electron chi connectivity index (χ1n) is 7.11. The van der Waals surface area contributed by atoms with Crippen LogP contribution in [0.2, 0.25) is 0 Å². The zero-order chi connectivity index (χ0) is 13.5. The van der Waals surface area contributed by atoms with Crippen molar-refractivity contribution < 1.29 is 5.11 Å². The summed E-state index contributed by atoms with van der Waals surface area (Å²) < 4.78 is 1.06. The Bertz CT molecular complexity index is 479. The van der Waals surface area contributed by atoms with Gasteiger partial charge in [-0.15, -0.1) is 0 Å². The van der Waals surface area contributed by atoms with Crippen molar-refractivity contribution in [2.75, 3.05) is 23.7 Å². The Balaban J connectivity index is 1.82. The quantitative estimate of drug-likeness (QED) is 0.780. The minimum atomic E-state index is -0.421. The number of fused-ring (bicyclic) bond motifs is 1. The first kappa shape index (κ1) is 13.3. The molecule has 0 spiro atoms. The molecule has 0 aromatic heterocycles. The molecule has 2 fully saturated rings. The fourth-order valence-electron chi connectivity index (χ4n) is 3.58. The Morgan fingerprint density at radius 3 is 3.00 bits per heavy atom. The van der Waals surface area contributed by atoms with Crippen molar-refractivity contribution >= 4 is 27.3 Å². The molecular weight excluding hydrogens is 304 g/mol. The average Bonchev–Trinajstić information content (AvgIpc) is 2.40. The smallest absolute Gasteiger partial charge is 0.0709 e. The molecule has 1 aliphatic heterocycles. The highest BCUT2D eigenvalue weighted by molar-refractivity contribution is 9.10. The van der Waals surface area contributed by atoms with Crippen molar-refractivity contribution in [1.82, 2.24) is 0 Å². The van der Waals surface area contributed by atoms with E-state index in [9.17, 15) is 5.11 Å². The summed E-state index contributed by atoms with van der Waals surface area (Å²) in [5.74, 6) is 0.397. The molecule has 1 heterocycles. The molecule has 1 saturated heterocycles. The second-order valence-electron chi connectivity index (χ2n) is 5.95. The van der Waals surface area contributed by atoms with E-state index < -0.39 is 5.60 Å². The van der Waals surface area contributed by atoms with Gasteiger partial charge < -0.3 is 15.7 Å². The van der Waals surface area contributed by atoms with Gasteiger partial charge in [0.1, 0.15) is 0 Å². The fraction of sp³-hybridized carbons (Fsp3) is 0.600.